The van der Waals surface area contributed by atoms with Crippen molar-refractivity contribution >= 4 is 17.7 Å². The molecule has 1 saturated heterocycles. The highest BCUT2D eigenvalue weighted by atomic mass is 16.2. The zero-order valence-corrected chi connectivity index (χ0v) is 14.6. The monoisotopic (exact) mass is 350 g/mol. The first-order chi connectivity index (χ1) is 12.6. The molecule has 3 amide bonds. The molecule has 3 aliphatic carbocycles. The number of amides is 3. The molecule has 0 unspecified atom stereocenters. The lowest BCUT2D eigenvalue weighted by Gasteiger charge is -2.27. The molecule has 0 radical (unpaired) electrons. The fourth-order valence-electron chi connectivity index (χ4n) is 5.41. The van der Waals surface area contributed by atoms with Gasteiger partial charge in [0.1, 0.15) is 6.54 Å². The summed E-state index contributed by atoms with van der Waals surface area (Å²) in [6.45, 7) is -0.150. The van der Waals surface area contributed by atoms with E-state index in [1.54, 1.807) is 0 Å². The maximum Gasteiger partial charge on any atom is 0.240 e. The lowest BCUT2D eigenvalue weighted by molar-refractivity contribution is -0.144. The molecule has 0 spiro atoms. The zero-order chi connectivity index (χ0) is 17.8. The lowest BCUT2D eigenvalue weighted by atomic mass is 9.85. The van der Waals surface area contributed by atoms with Crippen LogP contribution in [0.15, 0.2) is 36.4 Å². The third-order valence-corrected chi connectivity index (χ3v) is 6.57. The van der Waals surface area contributed by atoms with Crippen molar-refractivity contribution < 1.29 is 14.4 Å². The maximum atomic E-state index is 12.7. The highest BCUT2D eigenvalue weighted by molar-refractivity contribution is 6.08. The van der Waals surface area contributed by atoms with E-state index in [1.807, 2.05) is 12.1 Å². The van der Waals surface area contributed by atoms with Crippen LogP contribution >= 0.6 is 0 Å². The van der Waals surface area contributed by atoms with Gasteiger partial charge in [-0.2, -0.15) is 0 Å². The number of fused-ring (bicyclic) bond motifs is 6. The van der Waals surface area contributed by atoms with Gasteiger partial charge in [0.2, 0.25) is 17.7 Å². The Morgan fingerprint density at radius 1 is 1.08 bits per heavy atom. The van der Waals surface area contributed by atoms with Crippen LogP contribution in [-0.2, 0) is 20.8 Å². The molecule has 1 aliphatic heterocycles. The molecule has 1 N–H and O–H groups in total. The van der Waals surface area contributed by atoms with Gasteiger partial charge >= 0.3 is 0 Å². The normalized spacial score (nSPS) is 34.2. The van der Waals surface area contributed by atoms with Crippen molar-refractivity contribution in [3.8, 4) is 0 Å². The molecule has 5 heteroatoms. The Bertz CT molecular complexity index is 800. The first kappa shape index (κ1) is 15.8. The van der Waals surface area contributed by atoms with E-state index in [-0.39, 0.29) is 54.0 Å². The Balaban J connectivity index is 1.29. The number of imide groups is 1. The SMILES string of the molecule is O=C(CN1C(=O)[C@@H]2[C@@H](C1=O)[C@H]1C=C[C@H]2C1)N[C@H]1CCCc2ccccc21. The number of nitrogens with zero attached hydrogens (tertiary/aromatic N) is 1. The molecule has 2 bridgehead atoms. The van der Waals surface area contributed by atoms with Crippen molar-refractivity contribution in [1.82, 2.24) is 10.2 Å². The third kappa shape index (κ3) is 2.26. The van der Waals surface area contributed by atoms with Crippen molar-refractivity contribution in [1.29, 1.82) is 0 Å². The topological polar surface area (TPSA) is 66.5 Å². The molecule has 4 aliphatic rings. The van der Waals surface area contributed by atoms with Crippen LogP contribution in [0.3, 0.4) is 0 Å². The molecular formula is C21H22N2O3. The van der Waals surface area contributed by atoms with Gasteiger partial charge in [0, 0.05) is 0 Å². The van der Waals surface area contributed by atoms with Crippen LogP contribution in [0.5, 0.6) is 0 Å². The predicted octanol–water partition coefficient (Wildman–Crippen LogP) is 1.99. The van der Waals surface area contributed by atoms with Gasteiger partial charge in [-0.1, -0.05) is 36.4 Å². The van der Waals surface area contributed by atoms with E-state index >= 15 is 0 Å². The van der Waals surface area contributed by atoms with Crippen LogP contribution in [-0.4, -0.2) is 29.2 Å². The molecule has 5 atom stereocenters. The summed E-state index contributed by atoms with van der Waals surface area (Å²) in [6, 6.07) is 8.13. The van der Waals surface area contributed by atoms with Gasteiger partial charge in [-0.3, -0.25) is 19.3 Å². The Hall–Kier alpha value is -2.43. The molecule has 26 heavy (non-hydrogen) atoms. The van der Waals surface area contributed by atoms with Crippen molar-refractivity contribution in [2.24, 2.45) is 23.7 Å². The van der Waals surface area contributed by atoms with Gasteiger partial charge in [-0.25, -0.2) is 0 Å². The quantitative estimate of drug-likeness (QED) is 0.670. The molecule has 1 heterocycles. The zero-order valence-electron chi connectivity index (χ0n) is 14.6. The molecule has 134 valence electrons. The highest BCUT2D eigenvalue weighted by Crippen LogP contribution is 2.52. The van der Waals surface area contributed by atoms with Gasteiger partial charge in [0.05, 0.1) is 17.9 Å². The number of likely N-dealkylation sites (tertiary alicyclic amines) is 1. The lowest BCUT2D eigenvalue weighted by Crippen LogP contribution is -2.43. The van der Waals surface area contributed by atoms with E-state index in [0.717, 1.165) is 31.2 Å². The van der Waals surface area contributed by atoms with Crippen LogP contribution in [0, 0.1) is 23.7 Å². The molecular weight excluding hydrogens is 328 g/mol. The first-order valence-electron chi connectivity index (χ1n) is 9.54. The number of benzene rings is 1. The second-order valence-electron chi connectivity index (χ2n) is 7.97. The standard InChI is InChI=1S/C21H22N2O3/c24-17(22-16-7-3-5-12-4-1-2-6-15(12)16)11-23-20(25)18-13-8-9-14(10-13)19(18)21(23)26/h1-2,4,6,8-9,13-14,16,18-19H,3,5,7,10-11H2,(H,22,24)/t13-,14-,16-,18-,19-/m0/s1. The van der Waals surface area contributed by atoms with Crippen LogP contribution in [0.2, 0.25) is 0 Å². The van der Waals surface area contributed by atoms with Crippen LogP contribution < -0.4 is 5.32 Å². The molecule has 2 fully saturated rings. The van der Waals surface area contributed by atoms with Gasteiger partial charge in [0.25, 0.3) is 0 Å². The summed E-state index contributed by atoms with van der Waals surface area (Å²) in [4.78, 5) is 39.2. The van der Waals surface area contributed by atoms with E-state index < -0.39 is 0 Å². The number of rotatable bonds is 3. The summed E-state index contributed by atoms with van der Waals surface area (Å²) < 4.78 is 0. The van der Waals surface area contributed by atoms with E-state index in [2.05, 4.69) is 29.6 Å². The van der Waals surface area contributed by atoms with Crippen molar-refractivity contribution in [2.45, 2.75) is 31.7 Å². The average Bonchev–Trinajstić information content (AvgIpc) is 3.32. The first-order valence-corrected chi connectivity index (χ1v) is 9.54. The fraction of sp³-hybridized carbons (Fsp3) is 0.476. The van der Waals surface area contributed by atoms with Gasteiger partial charge < -0.3 is 5.32 Å². The van der Waals surface area contributed by atoms with E-state index in [1.165, 1.54) is 10.5 Å². The molecule has 1 aromatic carbocycles. The second kappa shape index (κ2) is 5.79. The second-order valence-corrected chi connectivity index (χ2v) is 7.97. The number of allylic oxidation sites excluding steroid dienone is 2. The predicted molar refractivity (Wildman–Crippen MR) is 94.7 cm³/mol. The van der Waals surface area contributed by atoms with Gasteiger partial charge in [-0.05, 0) is 48.6 Å². The summed E-state index contributed by atoms with van der Waals surface area (Å²) in [6.07, 6.45) is 8.00. The van der Waals surface area contributed by atoms with Crippen LogP contribution in [0.25, 0.3) is 0 Å². The minimum Gasteiger partial charge on any atom is -0.348 e. The summed E-state index contributed by atoms with van der Waals surface area (Å²) in [5.41, 5.74) is 2.43. The van der Waals surface area contributed by atoms with Crippen molar-refractivity contribution in [3.05, 3.63) is 47.5 Å². The third-order valence-electron chi connectivity index (χ3n) is 6.57. The van der Waals surface area contributed by atoms with Crippen molar-refractivity contribution in [3.63, 3.8) is 0 Å². The summed E-state index contributed by atoms with van der Waals surface area (Å²) >= 11 is 0. The minimum absolute atomic E-state index is 0.0300. The van der Waals surface area contributed by atoms with Crippen molar-refractivity contribution in [2.75, 3.05) is 6.54 Å². The molecule has 5 nitrogen and oxygen atoms in total. The molecule has 5 rings (SSSR count). The summed E-state index contributed by atoms with van der Waals surface area (Å²) in [7, 11) is 0. The number of hydrogen-bond donors (Lipinski definition) is 1. The Labute approximate surface area is 152 Å². The average molecular weight is 350 g/mol. The van der Waals surface area contributed by atoms with E-state index in [4.69, 9.17) is 0 Å². The Kier molecular flexibility index (Phi) is 3.52. The number of carbonyl (C=O) groups excluding carboxylic acids is 3. The Morgan fingerprint density at radius 3 is 2.50 bits per heavy atom. The smallest absolute Gasteiger partial charge is 0.240 e. The maximum absolute atomic E-state index is 12.7. The molecule has 1 aromatic rings. The van der Waals surface area contributed by atoms with Gasteiger partial charge in [-0.15, -0.1) is 0 Å². The fourth-order valence-corrected chi connectivity index (χ4v) is 5.41. The van der Waals surface area contributed by atoms with Gasteiger partial charge in [0.15, 0.2) is 0 Å². The largest absolute Gasteiger partial charge is 0.348 e. The van der Waals surface area contributed by atoms with Crippen LogP contribution in [0.4, 0.5) is 0 Å². The number of aryl methyl sites for hydroxylation is 1. The molecule has 1 saturated carbocycles. The molecule has 0 aromatic heterocycles. The highest BCUT2D eigenvalue weighted by Gasteiger charge is 2.59. The van der Waals surface area contributed by atoms with Crippen LogP contribution in [0.1, 0.15) is 36.4 Å². The number of nitrogens with one attached hydrogen (secondary N) is 1. The van der Waals surface area contributed by atoms with E-state index in [9.17, 15) is 14.4 Å². The summed E-state index contributed by atoms with van der Waals surface area (Å²) in [5, 5.41) is 3.05. The summed E-state index contributed by atoms with van der Waals surface area (Å²) in [5.74, 6) is -0.665. The number of carbonyl (C=O) groups is 3. The number of hydrogen-bond acceptors (Lipinski definition) is 3. The minimum atomic E-state index is -0.242. The Morgan fingerprint density at radius 2 is 1.77 bits per heavy atom. The van der Waals surface area contributed by atoms with E-state index in [0.29, 0.717) is 0 Å².